The van der Waals surface area contributed by atoms with Crippen molar-refractivity contribution in [3.63, 3.8) is 0 Å². The fourth-order valence-corrected chi connectivity index (χ4v) is 2.11. The highest BCUT2D eigenvalue weighted by Crippen LogP contribution is 2.25. The normalized spacial score (nSPS) is 10.8. The molecule has 0 atom stereocenters. The lowest BCUT2D eigenvalue weighted by Crippen LogP contribution is -1.86. The molecule has 0 saturated heterocycles. The molecule has 0 unspecified atom stereocenters. The molecule has 0 saturated carbocycles. The van der Waals surface area contributed by atoms with Crippen LogP contribution in [0.3, 0.4) is 0 Å². The van der Waals surface area contributed by atoms with Gasteiger partial charge in [0.1, 0.15) is 5.76 Å². The first-order chi connectivity index (χ1) is 9.28. The second kappa shape index (κ2) is 4.69. The highest BCUT2D eigenvalue weighted by molar-refractivity contribution is 5.86. The third kappa shape index (κ3) is 2.15. The molecular formula is C16H11FO2. The van der Waals surface area contributed by atoms with E-state index in [-0.39, 0.29) is 11.1 Å². The van der Waals surface area contributed by atoms with Crippen LogP contribution in [0, 0.1) is 5.82 Å². The Morgan fingerprint density at radius 2 is 1.89 bits per heavy atom. The first kappa shape index (κ1) is 11.7. The van der Waals surface area contributed by atoms with E-state index in [1.165, 1.54) is 6.07 Å². The van der Waals surface area contributed by atoms with Crippen LogP contribution < -0.4 is 0 Å². The van der Waals surface area contributed by atoms with Gasteiger partial charge < -0.3 is 4.42 Å². The van der Waals surface area contributed by atoms with E-state index in [9.17, 15) is 9.18 Å². The summed E-state index contributed by atoms with van der Waals surface area (Å²) in [5.74, 6) is 0.0926. The lowest BCUT2D eigenvalue weighted by molar-refractivity contribution is 0.112. The van der Waals surface area contributed by atoms with Crippen molar-refractivity contribution in [2.45, 2.75) is 6.42 Å². The summed E-state index contributed by atoms with van der Waals surface area (Å²) in [4.78, 5) is 10.7. The van der Waals surface area contributed by atoms with Gasteiger partial charge in [-0.2, -0.15) is 0 Å². The topological polar surface area (TPSA) is 30.2 Å². The second-order valence-electron chi connectivity index (χ2n) is 4.38. The van der Waals surface area contributed by atoms with Crippen molar-refractivity contribution in [2.24, 2.45) is 0 Å². The van der Waals surface area contributed by atoms with Gasteiger partial charge in [0.25, 0.3) is 0 Å². The Bertz CT molecular complexity index is 729. The number of benzene rings is 2. The van der Waals surface area contributed by atoms with E-state index in [1.54, 1.807) is 12.1 Å². The van der Waals surface area contributed by atoms with Gasteiger partial charge in [-0.05, 0) is 17.7 Å². The zero-order valence-electron chi connectivity index (χ0n) is 10.1. The number of hydrogen-bond acceptors (Lipinski definition) is 2. The number of halogens is 1. The number of aldehydes is 1. The van der Waals surface area contributed by atoms with Crippen LogP contribution in [0.4, 0.5) is 4.39 Å². The van der Waals surface area contributed by atoms with Gasteiger partial charge in [0.15, 0.2) is 17.7 Å². The minimum absolute atomic E-state index is 0.0214. The number of hydrogen-bond donors (Lipinski definition) is 0. The molecule has 0 aliphatic rings. The second-order valence-corrected chi connectivity index (χ2v) is 4.38. The molecule has 0 bridgehead atoms. The van der Waals surface area contributed by atoms with Crippen molar-refractivity contribution >= 4 is 17.3 Å². The summed E-state index contributed by atoms with van der Waals surface area (Å²) in [6.45, 7) is 0. The van der Waals surface area contributed by atoms with Crippen LogP contribution in [0.2, 0.25) is 0 Å². The lowest BCUT2D eigenvalue weighted by Gasteiger charge is -1.96. The molecular weight excluding hydrogens is 243 g/mol. The molecule has 1 aromatic heterocycles. The molecule has 2 nitrogen and oxygen atoms in total. The fraction of sp³-hybridized carbons (Fsp3) is 0.0625. The molecule has 2 aromatic carbocycles. The Kier molecular flexibility index (Phi) is 2.88. The number of rotatable bonds is 3. The number of carbonyl (C=O) groups is 1. The maximum atomic E-state index is 13.9. The molecule has 3 heteroatoms. The Balaban J connectivity index is 2.02. The molecule has 3 rings (SSSR count). The molecule has 19 heavy (non-hydrogen) atoms. The molecule has 0 amide bonds. The van der Waals surface area contributed by atoms with E-state index in [0.29, 0.717) is 23.9 Å². The monoisotopic (exact) mass is 254 g/mol. The van der Waals surface area contributed by atoms with Crippen molar-refractivity contribution in [2.75, 3.05) is 0 Å². The van der Waals surface area contributed by atoms with Crippen LogP contribution in [0.15, 0.2) is 52.9 Å². The summed E-state index contributed by atoms with van der Waals surface area (Å²) in [5.41, 5.74) is 1.27. The van der Waals surface area contributed by atoms with Gasteiger partial charge >= 0.3 is 0 Å². The number of fused-ring (bicyclic) bond motifs is 1. The minimum Gasteiger partial charge on any atom is -0.458 e. The SMILES string of the molecule is O=Cc1ccc2cc(Cc3ccccc3)oc2c1F. The van der Waals surface area contributed by atoms with Gasteiger partial charge in [-0.25, -0.2) is 4.39 Å². The van der Waals surface area contributed by atoms with Crippen LogP contribution in [0.5, 0.6) is 0 Å². The standard InChI is InChI=1S/C16H11FO2/c17-15-13(10-18)7-6-12-9-14(19-16(12)15)8-11-4-2-1-3-5-11/h1-7,9-10H,8H2. The van der Waals surface area contributed by atoms with E-state index in [4.69, 9.17) is 4.42 Å². The summed E-state index contributed by atoms with van der Waals surface area (Å²) in [6.07, 6.45) is 1.10. The van der Waals surface area contributed by atoms with Crippen LogP contribution in [-0.2, 0) is 6.42 Å². The van der Waals surface area contributed by atoms with Gasteiger partial charge in [-0.1, -0.05) is 36.4 Å². The molecule has 0 aliphatic heterocycles. The van der Waals surface area contributed by atoms with Crippen molar-refractivity contribution in [3.8, 4) is 0 Å². The van der Waals surface area contributed by atoms with Crippen molar-refractivity contribution in [1.29, 1.82) is 0 Å². The highest BCUT2D eigenvalue weighted by Gasteiger charge is 2.12. The predicted molar refractivity (Wildman–Crippen MR) is 70.8 cm³/mol. The first-order valence-corrected chi connectivity index (χ1v) is 5.98. The molecule has 1 heterocycles. The van der Waals surface area contributed by atoms with Gasteiger partial charge in [-0.15, -0.1) is 0 Å². The van der Waals surface area contributed by atoms with E-state index < -0.39 is 5.82 Å². The van der Waals surface area contributed by atoms with Crippen molar-refractivity contribution in [1.82, 2.24) is 0 Å². The molecule has 0 spiro atoms. The smallest absolute Gasteiger partial charge is 0.176 e. The van der Waals surface area contributed by atoms with E-state index in [1.807, 2.05) is 30.3 Å². The van der Waals surface area contributed by atoms with Crippen LogP contribution >= 0.6 is 0 Å². The Morgan fingerprint density at radius 3 is 2.63 bits per heavy atom. The maximum absolute atomic E-state index is 13.9. The summed E-state index contributed by atoms with van der Waals surface area (Å²) < 4.78 is 19.4. The van der Waals surface area contributed by atoms with Gasteiger partial charge in [0.05, 0.1) is 5.56 Å². The quantitative estimate of drug-likeness (QED) is 0.662. The average Bonchev–Trinajstić information content (AvgIpc) is 2.84. The molecule has 94 valence electrons. The Hall–Kier alpha value is -2.42. The van der Waals surface area contributed by atoms with Gasteiger partial charge in [0, 0.05) is 11.8 Å². The van der Waals surface area contributed by atoms with Crippen LogP contribution in [0.25, 0.3) is 11.0 Å². The number of furan rings is 1. The molecule has 0 N–H and O–H groups in total. The molecule has 0 aliphatic carbocycles. The summed E-state index contributed by atoms with van der Waals surface area (Å²) in [6, 6.07) is 14.8. The molecule has 0 fully saturated rings. The van der Waals surface area contributed by atoms with Crippen molar-refractivity contribution < 1.29 is 13.6 Å². The zero-order valence-corrected chi connectivity index (χ0v) is 10.1. The zero-order chi connectivity index (χ0) is 13.2. The lowest BCUT2D eigenvalue weighted by atomic mass is 10.1. The summed E-state index contributed by atoms with van der Waals surface area (Å²) in [5, 5.41) is 0.675. The molecule has 3 aromatic rings. The van der Waals surface area contributed by atoms with Crippen LogP contribution in [0.1, 0.15) is 21.7 Å². The van der Waals surface area contributed by atoms with Gasteiger partial charge in [0.2, 0.25) is 0 Å². The van der Waals surface area contributed by atoms with Gasteiger partial charge in [-0.3, -0.25) is 4.79 Å². The Morgan fingerprint density at radius 1 is 1.11 bits per heavy atom. The maximum Gasteiger partial charge on any atom is 0.176 e. The first-order valence-electron chi connectivity index (χ1n) is 5.98. The molecule has 0 radical (unpaired) electrons. The van der Waals surface area contributed by atoms with E-state index in [2.05, 4.69) is 0 Å². The third-order valence-corrected chi connectivity index (χ3v) is 3.06. The summed E-state index contributed by atoms with van der Waals surface area (Å²) in [7, 11) is 0. The Labute approximate surface area is 109 Å². The number of carbonyl (C=O) groups excluding carboxylic acids is 1. The highest BCUT2D eigenvalue weighted by atomic mass is 19.1. The largest absolute Gasteiger partial charge is 0.458 e. The van der Waals surface area contributed by atoms with Crippen LogP contribution in [-0.4, -0.2) is 6.29 Å². The van der Waals surface area contributed by atoms with E-state index in [0.717, 1.165) is 5.56 Å². The van der Waals surface area contributed by atoms with Crippen molar-refractivity contribution in [3.05, 3.63) is 71.2 Å². The van der Waals surface area contributed by atoms with E-state index >= 15 is 0 Å². The fourth-order valence-electron chi connectivity index (χ4n) is 2.11. The average molecular weight is 254 g/mol. The summed E-state index contributed by atoms with van der Waals surface area (Å²) >= 11 is 0. The minimum atomic E-state index is -0.591. The third-order valence-electron chi connectivity index (χ3n) is 3.06. The predicted octanol–water partition coefficient (Wildman–Crippen LogP) is 3.98.